The van der Waals surface area contributed by atoms with Gasteiger partial charge in [0.05, 0.1) is 38.1 Å². The lowest BCUT2D eigenvalue weighted by molar-refractivity contribution is -0.345. The number of hydrogen-bond donors (Lipinski definition) is 9. The van der Waals surface area contributed by atoms with Crippen molar-refractivity contribution < 1.29 is 83.9 Å². The van der Waals surface area contributed by atoms with E-state index in [4.69, 9.17) is 37.9 Å². The number of aliphatic hydroxyl groups is 9. The Balaban J connectivity index is 0.791. The van der Waals surface area contributed by atoms with Crippen LogP contribution in [0.3, 0.4) is 0 Å². The zero-order valence-electron chi connectivity index (χ0n) is 36.8. The second-order valence-electron chi connectivity index (χ2n) is 21.6. The first kappa shape index (κ1) is 46.4. The Morgan fingerprint density at radius 1 is 0.565 bits per heavy atom. The van der Waals surface area contributed by atoms with Gasteiger partial charge in [-0.3, -0.25) is 0 Å². The molecule has 1 spiro atoms. The van der Waals surface area contributed by atoms with E-state index in [2.05, 4.69) is 27.7 Å². The second-order valence-corrected chi connectivity index (χ2v) is 21.6. The SMILES string of the molecule is C[C@H]1CC[C@@]2(OC1)O[C@H]1C[C@H]3[C@@H]4CC[C@@H]5C[C@@H](O[C@@H]6O[C@H](CO[C@@H]7O[C@H](CO[C@@H]8O[C@@H](C)[C@H](O)[C@@H](O)[C@H]8O)[C@H](O)[C@H](O)[C@H]7O)[C@H](O)[C@H](O)[C@H]6O)CC[C@]5(C)[C@H]4CC[C@]3(C)[C@H]1[C@@H]2C. The van der Waals surface area contributed by atoms with E-state index in [9.17, 15) is 46.0 Å². The Labute approximate surface area is 364 Å². The summed E-state index contributed by atoms with van der Waals surface area (Å²) in [6, 6.07) is 0. The van der Waals surface area contributed by atoms with Gasteiger partial charge in [-0.1, -0.05) is 27.7 Å². The first-order valence-corrected chi connectivity index (χ1v) is 23.7. The third-order valence-electron chi connectivity index (χ3n) is 18.2. The number of hydrogen-bond acceptors (Lipinski definition) is 17. The van der Waals surface area contributed by atoms with Gasteiger partial charge in [-0.25, -0.2) is 0 Å². The van der Waals surface area contributed by atoms with Crippen LogP contribution in [0.2, 0.25) is 0 Å². The molecule has 9 N–H and O–H groups in total. The molecule has 0 unspecified atom stereocenters. The van der Waals surface area contributed by atoms with E-state index in [0.29, 0.717) is 41.4 Å². The molecule has 9 rings (SSSR count). The van der Waals surface area contributed by atoms with Crippen molar-refractivity contribution in [3.8, 4) is 0 Å². The molecule has 62 heavy (non-hydrogen) atoms. The van der Waals surface area contributed by atoms with Crippen LogP contribution in [-0.2, 0) is 37.9 Å². The van der Waals surface area contributed by atoms with E-state index in [-0.39, 0.29) is 23.0 Å². The van der Waals surface area contributed by atoms with Crippen molar-refractivity contribution in [3.63, 3.8) is 0 Å². The quantitative estimate of drug-likeness (QED) is 0.149. The topological polar surface area (TPSA) is 256 Å². The molecule has 9 fully saturated rings. The molecule has 27 atom stereocenters. The van der Waals surface area contributed by atoms with Crippen LogP contribution in [0, 0.1) is 52.3 Å². The summed E-state index contributed by atoms with van der Waals surface area (Å²) in [6.45, 7) is 11.1. The second kappa shape index (κ2) is 17.4. The normalized spacial score (nSPS) is 58.9. The van der Waals surface area contributed by atoms with Crippen molar-refractivity contribution >= 4 is 0 Å². The van der Waals surface area contributed by atoms with Gasteiger partial charge in [-0.15, -0.1) is 0 Å². The number of aliphatic hydroxyl groups excluding tert-OH is 9. The van der Waals surface area contributed by atoms with Crippen LogP contribution >= 0.6 is 0 Å². The first-order chi connectivity index (χ1) is 29.4. The highest BCUT2D eigenvalue weighted by Crippen LogP contribution is 2.71. The minimum absolute atomic E-state index is 0.156. The van der Waals surface area contributed by atoms with Crippen molar-refractivity contribution in [2.24, 2.45) is 52.3 Å². The van der Waals surface area contributed by atoms with Crippen LogP contribution in [0.4, 0.5) is 0 Å². The number of ether oxygens (including phenoxy) is 8. The third kappa shape index (κ3) is 7.75. The van der Waals surface area contributed by atoms with E-state index in [1.54, 1.807) is 0 Å². The molecular formula is C45H74O17. The van der Waals surface area contributed by atoms with Gasteiger partial charge < -0.3 is 83.9 Å². The standard InChI is InChI=1S/C45H74O17/c1-19-8-13-45(57-16-19)20(2)30-27(62-45)15-26-24-7-6-22-14-23(9-11-43(22,4)25(24)10-12-44(26,30)5)59-42-39(54)36(51)33(48)29(61-42)18-56-41-38(53)35(50)32(47)28(60-41)17-55-40-37(52)34(49)31(46)21(3)58-40/h19-42,46-54H,6-18H2,1-5H3/t19-,20-,21-,22+,23-,24+,25-,26-,27-,28+,29+,30-,31-,32-,33-,34+,35-,36-,37+,38+,39+,40+,41+,42+,43-,44-,45+/m0/s1. The molecule has 4 aliphatic carbocycles. The summed E-state index contributed by atoms with van der Waals surface area (Å²) in [5.41, 5.74) is 0.400. The Kier molecular flexibility index (Phi) is 13.1. The molecule has 0 aromatic carbocycles. The lowest BCUT2D eigenvalue weighted by Crippen LogP contribution is -2.62. The molecule has 5 saturated heterocycles. The summed E-state index contributed by atoms with van der Waals surface area (Å²) >= 11 is 0. The Morgan fingerprint density at radius 3 is 1.81 bits per heavy atom. The number of fused-ring (bicyclic) bond motifs is 7. The van der Waals surface area contributed by atoms with Crippen LogP contribution in [0.1, 0.15) is 98.8 Å². The Hall–Kier alpha value is -0.680. The molecule has 17 heteroatoms. The summed E-state index contributed by atoms with van der Waals surface area (Å²) in [6.07, 6.45) is -11.5. The highest BCUT2D eigenvalue weighted by molar-refractivity contribution is 5.15. The fourth-order valence-corrected chi connectivity index (χ4v) is 14.4. The van der Waals surface area contributed by atoms with Crippen LogP contribution in [0.25, 0.3) is 0 Å². The van der Waals surface area contributed by atoms with Gasteiger partial charge in [0, 0.05) is 12.3 Å². The molecule has 5 aliphatic heterocycles. The maximum absolute atomic E-state index is 11.1. The molecule has 0 radical (unpaired) electrons. The minimum Gasteiger partial charge on any atom is -0.388 e. The van der Waals surface area contributed by atoms with Gasteiger partial charge >= 0.3 is 0 Å². The monoisotopic (exact) mass is 886 g/mol. The lowest BCUT2D eigenvalue weighted by Gasteiger charge is -2.61. The van der Waals surface area contributed by atoms with Gasteiger partial charge in [0.25, 0.3) is 0 Å². The minimum atomic E-state index is -1.75. The molecule has 0 bridgehead atoms. The summed E-state index contributed by atoms with van der Waals surface area (Å²) < 4.78 is 48.5. The van der Waals surface area contributed by atoms with Crippen molar-refractivity contribution in [1.29, 1.82) is 0 Å². The lowest BCUT2D eigenvalue weighted by atomic mass is 9.44. The summed E-state index contributed by atoms with van der Waals surface area (Å²) in [5, 5.41) is 95.4. The largest absolute Gasteiger partial charge is 0.388 e. The van der Waals surface area contributed by atoms with Crippen molar-refractivity contribution in [2.75, 3.05) is 19.8 Å². The van der Waals surface area contributed by atoms with Gasteiger partial charge in [-0.2, -0.15) is 0 Å². The smallest absolute Gasteiger partial charge is 0.186 e. The third-order valence-corrected chi connectivity index (χ3v) is 18.2. The molecule has 9 aliphatic rings. The summed E-state index contributed by atoms with van der Waals surface area (Å²) in [4.78, 5) is 0. The van der Waals surface area contributed by atoms with Crippen LogP contribution < -0.4 is 0 Å². The van der Waals surface area contributed by atoms with Crippen LogP contribution in [-0.4, -0.2) is 176 Å². The molecule has 0 aromatic heterocycles. The van der Waals surface area contributed by atoms with E-state index in [1.807, 2.05) is 0 Å². The predicted molar refractivity (Wildman–Crippen MR) is 214 cm³/mol. The van der Waals surface area contributed by atoms with Crippen LogP contribution in [0.5, 0.6) is 0 Å². The zero-order valence-corrected chi connectivity index (χ0v) is 36.8. The van der Waals surface area contributed by atoms with Crippen LogP contribution in [0.15, 0.2) is 0 Å². The molecule has 0 aromatic rings. The maximum Gasteiger partial charge on any atom is 0.186 e. The molecule has 356 valence electrons. The van der Waals surface area contributed by atoms with Gasteiger partial charge in [-0.05, 0) is 111 Å². The average molecular weight is 887 g/mol. The van der Waals surface area contributed by atoms with Crippen molar-refractivity contribution in [3.05, 3.63) is 0 Å². The van der Waals surface area contributed by atoms with E-state index < -0.39 is 111 Å². The Bertz CT molecular complexity index is 1550. The number of rotatable bonds is 8. The summed E-state index contributed by atoms with van der Waals surface area (Å²) in [7, 11) is 0. The zero-order chi connectivity index (χ0) is 44.2. The molecule has 4 saturated carbocycles. The fraction of sp³-hybridized carbons (Fsp3) is 1.00. The van der Waals surface area contributed by atoms with E-state index in [0.717, 1.165) is 51.6 Å². The van der Waals surface area contributed by atoms with E-state index >= 15 is 0 Å². The highest BCUT2D eigenvalue weighted by atomic mass is 16.7. The first-order valence-electron chi connectivity index (χ1n) is 23.7. The fourth-order valence-electron chi connectivity index (χ4n) is 14.4. The Morgan fingerprint density at radius 2 is 1.16 bits per heavy atom. The van der Waals surface area contributed by atoms with Gasteiger partial charge in [0.1, 0.15) is 67.1 Å². The maximum atomic E-state index is 11.1. The molecule has 0 amide bonds. The molecular weight excluding hydrogens is 812 g/mol. The highest BCUT2D eigenvalue weighted by Gasteiger charge is 2.69. The predicted octanol–water partition coefficient (Wildman–Crippen LogP) is 0.294. The summed E-state index contributed by atoms with van der Waals surface area (Å²) in [5.74, 6) is 3.41. The van der Waals surface area contributed by atoms with Crippen molar-refractivity contribution in [1.82, 2.24) is 0 Å². The molecule has 5 heterocycles. The van der Waals surface area contributed by atoms with Crippen molar-refractivity contribution in [2.45, 2.75) is 209 Å². The molecule has 17 nitrogen and oxygen atoms in total. The van der Waals surface area contributed by atoms with E-state index in [1.165, 1.54) is 26.2 Å². The van der Waals surface area contributed by atoms with Gasteiger partial charge in [0.15, 0.2) is 24.7 Å². The van der Waals surface area contributed by atoms with Gasteiger partial charge in [0.2, 0.25) is 0 Å². The average Bonchev–Trinajstić information content (AvgIpc) is 3.70.